The number of hydrogen-bond donors (Lipinski definition) is 0. The Bertz CT molecular complexity index is 938. The molecule has 0 unspecified atom stereocenters. The Balaban J connectivity index is 1.65. The SMILES string of the molecule is CCc1nc(=O)oc2c1ccc1ccn(CCCN3CCOCC3)c12. The van der Waals surface area contributed by atoms with Gasteiger partial charge >= 0.3 is 5.76 Å². The molecule has 1 aliphatic rings. The standard InChI is InChI=1S/C19H23N3O3/c1-2-16-15-5-4-14-6-9-22(17(14)18(15)25-19(23)20-16)8-3-7-21-10-12-24-13-11-21/h4-6,9H,2-3,7-8,10-13H2,1H3. The Labute approximate surface area is 146 Å². The van der Waals surface area contributed by atoms with Crippen LogP contribution in [0.15, 0.2) is 33.6 Å². The molecule has 1 aliphatic heterocycles. The molecule has 0 N–H and O–H groups in total. The van der Waals surface area contributed by atoms with Crippen LogP contribution >= 0.6 is 0 Å². The van der Waals surface area contributed by atoms with Crippen LogP contribution in [0.1, 0.15) is 19.0 Å². The minimum atomic E-state index is -0.516. The van der Waals surface area contributed by atoms with Gasteiger partial charge in [-0.15, -0.1) is 0 Å². The molecule has 6 heteroatoms. The fourth-order valence-corrected chi connectivity index (χ4v) is 3.62. The maximum absolute atomic E-state index is 11.9. The van der Waals surface area contributed by atoms with Crippen LogP contribution in [-0.2, 0) is 17.7 Å². The van der Waals surface area contributed by atoms with Gasteiger partial charge in [-0.05, 0) is 25.0 Å². The highest BCUT2D eigenvalue weighted by molar-refractivity contribution is 6.03. The summed E-state index contributed by atoms with van der Waals surface area (Å²) in [6, 6.07) is 6.16. The third-order valence-corrected chi connectivity index (χ3v) is 4.92. The zero-order valence-electron chi connectivity index (χ0n) is 14.5. The lowest BCUT2D eigenvalue weighted by Gasteiger charge is -2.26. The molecule has 0 atom stereocenters. The fraction of sp³-hybridized carbons (Fsp3) is 0.474. The molecule has 0 saturated carbocycles. The molecule has 0 aliphatic carbocycles. The van der Waals surface area contributed by atoms with Gasteiger partial charge in [0.05, 0.1) is 24.4 Å². The third kappa shape index (κ3) is 3.19. The highest BCUT2D eigenvalue weighted by Crippen LogP contribution is 2.27. The number of morpholine rings is 1. The van der Waals surface area contributed by atoms with E-state index in [-0.39, 0.29) is 0 Å². The Morgan fingerprint density at radius 1 is 1.16 bits per heavy atom. The van der Waals surface area contributed by atoms with Gasteiger partial charge in [-0.1, -0.05) is 13.0 Å². The quantitative estimate of drug-likeness (QED) is 0.713. The lowest BCUT2D eigenvalue weighted by molar-refractivity contribution is 0.0370. The van der Waals surface area contributed by atoms with Gasteiger partial charge in [-0.3, -0.25) is 4.90 Å². The second kappa shape index (κ2) is 6.98. The summed E-state index contributed by atoms with van der Waals surface area (Å²) in [7, 11) is 0. The normalized spacial score (nSPS) is 16.0. The number of ether oxygens (including phenoxy) is 1. The number of rotatable bonds is 5. The summed E-state index contributed by atoms with van der Waals surface area (Å²) in [4.78, 5) is 18.3. The first-order chi connectivity index (χ1) is 12.3. The molecule has 25 heavy (non-hydrogen) atoms. The molecule has 1 saturated heterocycles. The molecule has 1 fully saturated rings. The number of nitrogens with zero attached hydrogens (tertiary/aromatic N) is 3. The zero-order valence-corrected chi connectivity index (χ0v) is 14.5. The molecule has 0 bridgehead atoms. The van der Waals surface area contributed by atoms with Gasteiger partial charge < -0.3 is 13.7 Å². The van der Waals surface area contributed by atoms with E-state index in [4.69, 9.17) is 9.15 Å². The van der Waals surface area contributed by atoms with Gasteiger partial charge in [-0.25, -0.2) is 4.79 Å². The van der Waals surface area contributed by atoms with E-state index in [1.807, 2.05) is 13.0 Å². The molecule has 0 amide bonds. The molecule has 0 radical (unpaired) electrons. The van der Waals surface area contributed by atoms with E-state index in [0.29, 0.717) is 12.0 Å². The number of hydrogen-bond acceptors (Lipinski definition) is 5. The Kier molecular flexibility index (Phi) is 4.55. The van der Waals surface area contributed by atoms with Gasteiger partial charge in [-0.2, -0.15) is 4.98 Å². The van der Waals surface area contributed by atoms with Crippen molar-refractivity contribution in [1.29, 1.82) is 0 Å². The first kappa shape index (κ1) is 16.3. The molecule has 3 aromatic rings. The van der Waals surface area contributed by atoms with Crippen molar-refractivity contribution in [2.45, 2.75) is 26.3 Å². The Hall–Kier alpha value is -2.18. The largest absolute Gasteiger partial charge is 0.439 e. The van der Waals surface area contributed by atoms with E-state index in [2.05, 4.69) is 32.8 Å². The predicted octanol–water partition coefficient (Wildman–Crippen LogP) is 2.43. The van der Waals surface area contributed by atoms with Crippen molar-refractivity contribution in [2.75, 3.05) is 32.8 Å². The third-order valence-electron chi connectivity index (χ3n) is 4.92. The van der Waals surface area contributed by atoms with Crippen molar-refractivity contribution in [1.82, 2.24) is 14.5 Å². The van der Waals surface area contributed by atoms with Crippen LogP contribution in [0.5, 0.6) is 0 Å². The fourth-order valence-electron chi connectivity index (χ4n) is 3.62. The van der Waals surface area contributed by atoms with Crippen molar-refractivity contribution in [3.8, 4) is 0 Å². The first-order valence-corrected chi connectivity index (χ1v) is 8.98. The van der Waals surface area contributed by atoms with Crippen molar-refractivity contribution >= 4 is 21.9 Å². The van der Waals surface area contributed by atoms with E-state index in [1.165, 1.54) is 0 Å². The van der Waals surface area contributed by atoms with Gasteiger partial charge in [0, 0.05) is 43.1 Å². The molecular weight excluding hydrogens is 318 g/mol. The van der Waals surface area contributed by atoms with Gasteiger partial charge in [0.1, 0.15) is 0 Å². The minimum Gasteiger partial charge on any atom is -0.406 e. The molecule has 132 valence electrons. The van der Waals surface area contributed by atoms with E-state index < -0.39 is 5.76 Å². The monoisotopic (exact) mass is 341 g/mol. The van der Waals surface area contributed by atoms with E-state index in [0.717, 1.165) is 67.8 Å². The molecule has 0 spiro atoms. The lowest BCUT2D eigenvalue weighted by atomic mass is 10.1. The Morgan fingerprint density at radius 3 is 2.80 bits per heavy atom. The number of aryl methyl sites for hydroxylation is 2. The predicted molar refractivity (Wildman–Crippen MR) is 97.0 cm³/mol. The second-order valence-corrected chi connectivity index (χ2v) is 6.48. The van der Waals surface area contributed by atoms with Crippen molar-refractivity contribution in [2.24, 2.45) is 0 Å². The topological polar surface area (TPSA) is 60.5 Å². The van der Waals surface area contributed by atoms with Crippen molar-refractivity contribution < 1.29 is 9.15 Å². The van der Waals surface area contributed by atoms with Crippen LogP contribution < -0.4 is 5.76 Å². The molecule has 3 heterocycles. The highest BCUT2D eigenvalue weighted by atomic mass is 16.5. The molecule has 1 aromatic carbocycles. The maximum atomic E-state index is 11.9. The van der Waals surface area contributed by atoms with Crippen LogP contribution in [-0.4, -0.2) is 47.3 Å². The van der Waals surface area contributed by atoms with Gasteiger partial charge in [0.25, 0.3) is 0 Å². The van der Waals surface area contributed by atoms with E-state index >= 15 is 0 Å². The van der Waals surface area contributed by atoms with Crippen LogP contribution in [0.2, 0.25) is 0 Å². The average Bonchev–Trinajstić information content (AvgIpc) is 3.05. The number of benzene rings is 1. The van der Waals surface area contributed by atoms with E-state index in [1.54, 1.807) is 0 Å². The lowest BCUT2D eigenvalue weighted by Crippen LogP contribution is -2.37. The minimum absolute atomic E-state index is 0.516. The second-order valence-electron chi connectivity index (χ2n) is 6.48. The van der Waals surface area contributed by atoms with Crippen LogP contribution in [0.25, 0.3) is 21.9 Å². The summed E-state index contributed by atoms with van der Waals surface area (Å²) in [5, 5.41) is 2.03. The average molecular weight is 341 g/mol. The molecule has 6 nitrogen and oxygen atoms in total. The summed E-state index contributed by atoms with van der Waals surface area (Å²) in [5.74, 6) is -0.516. The van der Waals surface area contributed by atoms with E-state index in [9.17, 15) is 4.79 Å². The highest BCUT2D eigenvalue weighted by Gasteiger charge is 2.14. The van der Waals surface area contributed by atoms with Crippen LogP contribution in [0.3, 0.4) is 0 Å². The summed E-state index contributed by atoms with van der Waals surface area (Å²) >= 11 is 0. The summed E-state index contributed by atoms with van der Waals surface area (Å²) in [6.45, 7) is 7.63. The summed E-state index contributed by atoms with van der Waals surface area (Å²) < 4.78 is 13.1. The number of aromatic nitrogens is 2. The van der Waals surface area contributed by atoms with Gasteiger partial charge in [0.2, 0.25) is 0 Å². The van der Waals surface area contributed by atoms with Crippen molar-refractivity contribution in [3.05, 3.63) is 40.6 Å². The zero-order chi connectivity index (χ0) is 17.2. The first-order valence-electron chi connectivity index (χ1n) is 8.98. The Morgan fingerprint density at radius 2 is 2.00 bits per heavy atom. The van der Waals surface area contributed by atoms with Crippen LogP contribution in [0.4, 0.5) is 0 Å². The van der Waals surface area contributed by atoms with Crippen molar-refractivity contribution in [3.63, 3.8) is 0 Å². The molecule has 4 rings (SSSR count). The maximum Gasteiger partial charge on any atom is 0.439 e. The summed E-state index contributed by atoms with van der Waals surface area (Å²) in [6.07, 6.45) is 3.84. The summed E-state index contributed by atoms with van der Waals surface area (Å²) in [5.41, 5.74) is 2.45. The van der Waals surface area contributed by atoms with Gasteiger partial charge in [0.15, 0.2) is 5.58 Å². The van der Waals surface area contributed by atoms with Crippen LogP contribution in [0, 0.1) is 0 Å². The molecule has 2 aromatic heterocycles. The number of fused-ring (bicyclic) bond motifs is 3. The smallest absolute Gasteiger partial charge is 0.406 e. The molecular formula is C19H23N3O3.